The highest BCUT2D eigenvalue weighted by Crippen LogP contribution is 2.43. The number of halogens is 4. The average Bonchev–Trinajstić information content (AvgIpc) is 3.41. The molecular weight excluding hydrogens is 424 g/mol. The van der Waals surface area contributed by atoms with E-state index in [2.05, 4.69) is 10.2 Å². The van der Waals surface area contributed by atoms with Crippen molar-refractivity contribution < 1.29 is 22.0 Å². The van der Waals surface area contributed by atoms with Gasteiger partial charge in [0.05, 0.1) is 17.2 Å². The van der Waals surface area contributed by atoms with Gasteiger partial charge in [-0.2, -0.15) is 18.4 Å². The molecule has 0 aliphatic heterocycles. The average molecular weight is 440 g/mol. The van der Waals surface area contributed by atoms with Crippen LogP contribution in [-0.2, 0) is 19.4 Å². The summed E-state index contributed by atoms with van der Waals surface area (Å²) in [5.41, 5.74) is 1.76. The summed E-state index contributed by atoms with van der Waals surface area (Å²) < 4.78 is 60.4. The van der Waals surface area contributed by atoms with Crippen LogP contribution in [0.2, 0.25) is 0 Å². The van der Waals surface area contributed by atoms with E-state index >= 15 is 0 Å². The monoisotopic (exact) mass is 440 g/mol. The first-order chi connectivity index (χ1) is 15.4. The number of alkyl halides is 4. The molecule has 1 saturated carbocycles. The van der Waals surface area contributed by atoms with E-state index in [-0.39, 0.29) is 23.9 Å². The first-order valence-corrected chi connectivity index (χ1v) is 10.00. The van der Waals surface area contributed by atoms with Crippen LogP contribution in [-0.4, -0.2) is 14.8 Å². The number of hydrogen-bond acceptors (Lipinski definition) is 4. The number of fused-ring (bicyclic) bond motifs is 1. The fourth-order valence-electron chi connectivity index (χ4n) is 3.95. The lowest BCUT2D eigenvalue weighted by atomic mass is 10.0. The van der Waals surface area contributed by atoms with Gasteiger partial charge in [0.2, 0.25) is 11.8 Å². The second-order valence-electron chi connectivity index (χ2n) is 7.78. The summed E-state index contributed by atoms with van der Waals surface area (Å²) >= 11 is 0. The van der Waals surface area contributed by atoms with Gasteiger partial charge in [0.15, 0.2) is 0 Å². The molecule has 0 amide bonds. The van der Waals surface area contributed by atoms with E-state index in [0.29, 0.717) is 22.4 Å². The lowest BCUT2D eigenvalue weighted by Crippen LogP contribution is -2.04. The molecule has 32 heavy (non-hydrogen) atoms. The third-order valence-electron chi connectivity index (χ3n) is 5.68. The van der Waals surface area contributed by atoms with Crippen LogP contribution in [0.5, 0.6) is 0 Å². The molecule has 0 atom stereocenters. The molecule has 0 unspecified atom stereocenters. The Hall–Kier alpha value is -3.67. The summed E-state index contributed by atoms with van der Waals surface area (Å²) in [4.78, 5) is 0. The van der Waals surface area contributed by atoms with Crippen LogP contribution in [0.4, 0.5) is 17.6 Å². The minimum absolute atomic E-state index is 0.00764. The fourth-order valence-corrected chi connectivity index (χ4v) is 3.95. The summed E-state index contributed by atoms with van der Waals surface area (Å²) in [5, 5.41) is 17.9. The third-order valence-corrected chi connectivity index (χ3v) is 5.68. The van der Waals surface area contributed by atoms with Crippen LogP contribution in [0.25, 0.3) is 22.4 Å². The Morgan fingerprint density at radius 2 is 1.94 bits per heavy atom. The van der Waals surface area contributed by atoms with Gasteiger partial charge in [-0.15, -0.1) is 10.2 Å². The highest BCUT2D eigenvalue weighted by molar-refractivity contribution is 5.87. The van der Waals surface area contributed by atoms with E-state index in [1.807, 2.05) is 16.7 Å². The van der Waals surface area contributed by atoms with Crippen molar-refractivity contribution in [3.8, 4) is 17.5 Å². The second kappa shape index (κ2) is 7.48. The van der Waals surface area contributed by atoms with Crippen LogP contribution in [0, 0.1) is 11.3 Å². The maximum absolute atomic E-state index is 13.7. The topological polar surface area (TPSA) is 67.6 Å². The number of benzene rings is 2. The predicted octanol–water partition coefficient (Wildman–Crippen LogP) is 5.98. The normalized spacial score (nSPS) is 14.1. The Bertz CT molecular complexity index is 1360. The van der Waals surface area contributed by atoms with Crippen LogP contribution < -0.4 is 0 Å². The zero-order valence-corrected chi connectivity index (χ0v) is 16.7. The molecule has 2 aromatic heterocycles. The molecular formula is C23H16F4N4O. The number of nitriles is 1. The number of hydrogen-bond donors (Lipinski definition) is 0. The summed E-state index contributed by atoms with van der Waals surface area (Å²) in [6.07, 6.45) is -2.46. The van der Waals surface area contributed by atoms with Gasteiger partial charge in [-0.25, -0.2) is 4.39 Å². The first kappa shape index (κ1) is 20.2. The molecule has 0 bridgehead atoms. The van der Waals surface area contributed by atoms with Crippen LogP contribution in [0.15, 0.2) is 46.9 Å². The predicted molar refractivity (Wildman–Crippen MR) is 107 cm³/mol. The van der Waals surface area contributed by atoms with Gasteiger partial charge in [0.1, 0.15) is 13.2 Å². The van der Waals surface area contributed by atoms with Crippen LogP contribution in [0.1, 0.15) is 47.0 Å². The molecule has 5 nitrogen and oxygen atoms in total. The van der Waals surface area contributed by atoms with E-state index in [4.69, 9.17) is 4.42 Å². The zero-order chi connectivity index (χ0) is 22.5. The Kier molecular flexibility index (Phi) is 4.73. The van der Waals surface area contributed by atoms with Gasteiger partial charge in [0, 0.05) is 27.7 Å². The Morgan fingerprint density at radius 3 is 2.62 bits per heavy atom. The van der Waals surface area contributed by atoms with E-state index in [9.17, 15) is 22.8 Å². The molecule has 9 heteroatoms. The highest BCUT2D eigenvalue weighted by atomic mass is 19.4. The van der Waals surface area contributed by atoms with Crippen LogP contribution >= 0.6 is 0 Å². The Labute approximate surface area is 179 Å². The Morgan fingerprint density at radius 1 is 1.12 bits per heavy atom. The molecule has 0 N–H and O–H groups in total. The van der Waals surface area contributed by atoms with Crippen molar-refractivity contribution in [2.45, 2.75) is 38.2 Å². The quantitative estimate of drug-likeness (QED) is 0.358. The van der Waals surface area contributed by atoms with Gasteiger partial charge in [-0.3, -0.25) is 0 Å². The van der Waals surface area contributed by atoms with Crippen molar-refractivity contribution in [3.63, 3.8) is 0 Å². The zero-order valence-electron chi connectivity index (χ0n) is 16.7. The van der Waals surface area contributed by atoms with E-state index in [0.717, 1.165) is 36.2 Å². The number of nitrogens with zero attached hydrogens (tertiary/aromatic N) is 4. The maximum atomic E-state index is 13.7. The van der Waals surface area contributed by atoms with Gasteiger partial charge in [-0.05, 0) is 55.2 Å². The standard InChI is InChI=1S/C23H16F4N4O/c24-10-18-15(11-28)6-7-19-17(18)9-20(13-4-5-13)31(19)12-21-29-30-22(32-21)14-2-1-3-16(8-14)23(25,26)27/h1-3,6-9,13H,4-5,10,12H2. The molecule has 0 saturated heterocycles. The third kappa shape index (κ3) is 3.51. The van der Waals surface area contributed by atoms with Gasteiger partial charge >= 0.3 is 6.18 Å². The largest absolute Gasteiger partial charge is 0.419 e. The van der Waals surface area contributed by atoms with Crippen molar-refractivity contribution in [2.24, 2.45) is 0 Å². The molecule has 2 aromatic carbocycles. The molecule has 5 rings (SSSR count). The van der Waals surface area contributed by atoms with Gasteiger partial charge < -0.3 is 8.98 Å². The second-order valence-corrected chi connectivity index (χ2v) is 7.78. The van der Waals surface area contributed by atoms with Crippen molar-refractivity contribution in [1.82, 2.24) is 14.8 Å². The smallest absolute Gasteiger partial charge is 0.416 e. The summed E-state index contributed by atoms with van der Waals surface area (Å²) in [6, 6.07) is 12.0. The molecule has 4 aromatic rings. The molecule has 1 aliphatic rings. The number of rotatable bonds is 5. The van der Waals surface area contributed by atoms with E-state index in [1.54, 1.807) is 12.1 Å². The van der Waals surface area contributed by atoms with Crippen LogP contribution in [0.3, 0.4) is 0 Å². The van der Waals surface area contributed by atoms with E-state index < -0.39 is 18.4 Å². The molecule has 2 heterocycles. The molecule has 162 valence electrons. The molecule has 0 spiro atoms. The summed E-state index contributed by atoms with van der Waals surface area (Å²) in [7, 11) is 0. The molecule has 1 fully saturated rings. The van der Waals surface area contributed by atoms with E-state index in [1.165, 1.54) is 12.1 Å². The highest BCUT2D eigenvalue weighted by Gasteiger charge is 2.31. The van der Waals surface area contributed by atoms with Crippen molar-refractivity contribution in [3.05, 3.63) is 70.7 Å². The van der Waals surface area contributed by atoms with Crippen molar-refractivity contribution >= 4 is 10.9 Å². The molecule has 1 aliphatic carbocycles. The Balaban J connectivity index is 1.53. The minimum atomic E-state index is -4.47. The first-order valence-electron chi connectivity index (χ1n) is 10.00. The lowest BCUT2D eigenvalue weighted by molar-refractivity contribution is -0.137. The van der Waals surface area contributed by atoms with Crippen molar-refractivity contribution in [2.75, 3.05) is 0 Å². The summed E-state index contributed by atoms with van der Waals surface area (Å²) in [5.74, 6) is 0.543. The SMILES string of the molecule is N#Cc1ccc2c(cc(C3CC3)n2Cc2nnc(-c3cccc(C(F)(F)F)c3)o2)c1CF. The fraction of sp³-hybridized carbons (Fsp3) is 0.261. The van der Waals surface area contributed by atoms with Gasteiger partial charge in [0.25, 0.3) is 0 Å². The summed E-state index contributed by atoms with van der Waals surface area (Å²) in [6.45, 7) is -0.562. The van der Waals surface area contributed by atoms with Gasteiger partial charge in [-0.1, -0.05) is 6.07 Å². The minimum Gasteiger partial charge on any atom is -0.419 e. The van der Waals surface area contributed by atoms with Crippen molar-refractivity contribution in [1.29, 1.82) is 5.26 Å². The molecule has 0 radical (unpaired) electrons. The maximum Gasteiger partial charge on any atom is 0.416 e. The lowest BCUT2D eigenvalue weighted by Gasteiger charge is -2.08. The number of aromatic nitrogens is 3.